The highest BCUT2D eigenvalue weighted by Gasteiger charge is 2.29. The van der Waals surface area contributed by atoms with Gasteiger partial charge in [-0.15, -0.1) is 24.0 Å². The molecule has 0 radical (unpaired) electrons. The number of thioether (sulfide) groups is 1. The Morgan fingerprint density at radius 1 is 1.33 bits per heavy atom. The van der Waals surface area contributed by atoms with Crippen molar-refractivity contribution in [3.8, 4) is 0 Å². The van der Waals surface area contributed by atoms with Crippen molar-refractivity contribution in [2.75, 3.05) is 37.2 Å². The Bertz CT molecular complexity index is 756. The van der Waals surface area contributed by atoms with E-state index in [1.807, 2.05) is 18.8 Å². The molecule has 2 aromatic rings. The van der Waals surface area contributed by atoms with Gasteiger partial charge in [-0.1, -0.05) is 0 Å². The summed E-state index contributed by atoms with van der Waals surface area (Å²) in [5.41, 5.74) is 0.827. The van der Waals surface area contributed by atoms with Crippen LogP contribution in [-0.2, 0) is 7.05 Å². The average Bonchev–Trinajstić information content (AvgIpc) is 3.24. The fourth-order valence-electron chi connectivity index (χ4n) is 3.01. The van der Waals surface area contributed by atoms with Gasteiger partial charge in [0.25, 0.3) is 0 Å². The molecule has 1 fully saturated rings. The number of aromatic nitrogens is 4. The minimum Gasteiger partial charge on any atom is -0.368 e. The van der Waals surface area contributed by atoms with Crippen LogP contribution in [0, 0.1) is 0 Å². The molecule has 10 heteroatoms. The maximum absolute atomic E-state index is 4.77. The van der Waals surface area contributed by atoms with E-state index in [1.165, 1.54) is 18.6 Å². The predicted octanol–water partition coefficient (Wildman–Crippen LogP) is 2.23. The molecule has 2 aromatic heterocycles. The summed E-state index contributed by atoms with van der Waals surface area (Å²) in [4.78, 5) is 13.3. The van der Waals surface area contributed by atoms with Crippen LogP contribution in [-0.4, -0.2) is 62.4 Å². The average molecular weight is 504 g/mol. The summed E-state index contributed by atoms with van der Waals surface area (Å²) in [6.45, 7) is 7.59. The number of nitrogens with one attached hydrogen (secondary N) is 3. The van der Waals surface area contributed by atoms with Crippen LogP contribution in [0.5, 0.6) is 0 Å². The van der Waals surface area contributed by atoms with E-state index in [0.717, 1.165) is 49.0 Å². The minimum absolute atomic E-state index is 0. The fraction of sp³-hybridized carbons (Fsp3) is 0.647. The number of aliphatic imine (C=N–C) groups is 1. The fourth-order valence-corrected chi connectivity index (χ4v) is 4.24. The van der Waals surface area contributed by atoms with E-state index in [2.05, 4.69) is 44.9 Å². The zero-order chi connectivity index (χ0) is 18.4. The summed E-state index contributed by atoms with van der Waals surface area (Å²) in [6, 6.07) is 0. The Morgan fingerprint density at radius 2 is 2.19 bits per heavy atom. The van der Waals surface area contributed by atoms with Gasteiger partial charge in [-0.25, -0.2) is 9.97 Å². The highest BCUT2D eigenvalue weighted by molar-refractivity contribution is 14.0. The molecule has 27 heavy (non-hydrogen) atoms. The van der Waals surface area contributed by atoms with Crippen LogP contribution >= 0.6 is 35.7 Å². The van der Waals surface area contributed by atoms with Gasteiger partial charge in [-0.05, 0) is 32.4 Å². The monoisotopic (exact) mass is 504 g/mol. The molecular weight excluding hydrogens is 475 g/mol. The lowest BCUT2D eigenvalue weighted by Gasteiger charge is -2.21. The number of rotatable bonds is 7. The largest absolute Gasteiger partial charge is 0.368 e. The lowest BCUT2D eigenvalue weighted by atomic mass is 10.1. The Labute approximate surface area is 181 Å². The van der Waals surface area contributed by atoms with Crippen LogP contribution in [0.3, 0.4) is 0 Å². The zero-order valence-corrected chi connectivity index (χ0v) is 19.3. The van der Waals surface area contributed by atoms with E-state index in [0.29, 0.717) is 0 Å². The molecule has 8 nitrogen and oxygen atoms in total. The highest BCUT2D eigenvalue weighted by Crippen LogP contribution is 2.37. The summed E-state index contributed by atoms with van der Waals surface area (Å²) >= 11 is 2.04. The molecule has 0 aliphatic carbocycles. The highest BCUT2D eigenvalue weighted by atomic mass is 127. The van der Waals surface area contributed by atoms with E-state index in [4.69, 9.17) is 4.99 Å². The van der Waals surface area contributed by atoms with Gasteiger partial charge in [-0.3, -0.25) is 9.67 Å². The molecule has 0 amide bonds. The maximum atomic E-state index is 4.77. The second-order valence-corrected chi connectivity index (χ2v) is 8.36. The van der Waals surface area contributed by atoms with Crippen molar-refractivity contribution in [2.45, 2.75) is 31.4 Å². The molecule has 0 spiro atoms. The van der Waals surface area contributed by atoms with Crippen LogP contribution < -0.4 is 16.0 Å². The third-order valence-corrected chi connectivity index (χ3v) is 5.98. The number of aryl methyl sites for hydroxylation is 1. The topological polar surface area (TPSA) is 92.1 Å². The smallest absolute Gasteiger partial charge is 0.191 e. The van der Waals surface area contributed by atoms with Gasteiger partial charge >= 0.3 is 0 Å². The summed E-state index contributed by atoms with van der Waals surface area (Å²) in [7, 11) is 1.88. The summed E-state index contributed by atoms with van der Waals surface area (Å²) < 4.78 is 2.03. The van der Waals surface area contributed by atoms with E-state index >= 15 is 0 Å². The molecular formula is C17H29IN8S. The van der Waals surface area contributed by atoms with Crippen LogP contribution in [0.25, 0.3) is 11.0 Å². The zero-order valence-electron chi connectivity index (χ0n) is 16.2. The third-order valence-electron chi connectivity index (χ3n) is 4.46. The van der Waals surface area contributed by atoms with Gasteiger partial charge < -0.3 is 16.0 Å². The van der Waals surface area contributed by atoms with Crippen molar-refractivity contribution in [2.24, 2.45) is 12.0 Å². The second kappa shape index (κ2) is 10.3. The van der Waals surface area contributed by atoms with E-state index in [1.54, 1.807) is 17.2 Å². The Balaban J connectivity index is 0.00000261. The van der Waals surface area contributed by atoms with Crippen LogP contribution in [0.4, 0.5) is 5.82 Å². The quantitative estimate of drug-likeness (QED) is 0.231. The first-order valence-electron chi connectivity index (χ1n) is 9.14. The van der Waals surface area contributed by atoms with Gasteiger partial charge in [0.1, 0.15) is 12.1 Å². The van der Waals surface area contributed by atoms with E-state index in [9.17, 15) is 0 Å². The first kappa shape index (κ1) is 22.0. The summed E-state index contributed by atoms with van der Waals surface area (Å²) in [5.74, 6) is 2.93. The molecule has 1 atom stereocenters. The summed E-state index contributed by atoms with van der Waals surface area (Å²) in [6.07, 6.45) is 5.89. The SMILES string of the molecule is CCNC(=NCC1(C)CCCS1)NCCNc1ncnc2c1cnn2C.I. The number of halogens is 1. The lowest BCUT2D eigenvalue weighted by molar-refractivity contribution is 0.615. The molecule has 3 rings (SSSR count). The normalized spacial score (nSPS) is 19.7. The van der Waals surface area contributed by atoms with Crippen molar-refractivity contribution in [1.29, 1.82) is 0 Å². The molecule has 3 N–H and O–H groups in total. The Kier molecular flexibility index (Phi) is 8.39. The number of anilines is 1. The molecule has 0 bridgehead atoms. The molecule has 0 saturated carbocycles. The minimum atomic E-state index is 0. The molecule has 0 aromatic carbocycles. The first-order chi connectivity index (χ1) is 12.6. The van der Waals surface area contributed by atoms with Crippen LogP contribution in [0.15, 0.2) is 17.5 Å². The van der Waals surface area contributed by atoms with Gasteiger partial charge in [0.05, 0.1) is 18.1 Å². The van der Waals surface area contributed by atoms with Gasteiger partial charge in [0.15, 0.2) is 11.6 Å². The van der Waals surface area contributed by atoms with Crippen LogP contribution in [0.1, 0.15) is 26.7 Å². The first-order valence-corrected chi connectivity index (χ1v) is 10.1. The summed E-state index contributed by atoms with van der Waals surface area (Å²) in [5, 5.41) is 15.2. The molecule has 3 heterocycles. The van der Waals surface area contributed by atoms with Crippen molar-refractivity contribution in [3.05, 3.63) is 12.5 Å². The molecule has 1 aliphatic heterocycles. The maximum Gasteiger partial charge on any atom is 0.191 e. The van der Waals surface area contributed by atoms with Gasteiger partial charge in [-0.2, -0.15) is 16.9 Å². The Morgan fingerprint density at radius 3 is 2.93 bits per heavy atom. The van der Waals surface area contributed by atoms with Crippen molar-refractivity contribution >= 4 is 58.5 Å². The number of fused-ring (bicyclic) bond motifs is 1. The third kappa shape index (κ3) is 5.84. The molecule has 1 unspecified atom stereocenters. The molecule has 1 aliphatic rings. The van der Waals surface area contributed by atoms with Crippen molar-refractivity contribution in [3.63, 3.8) is 0 Å². The lowest BCUT2D eigenvalue weighted by Crippen LogP contribution is -2.40. The van der Waals surface area contributed by atoms with Gasteiger partial charge in [0, 0.05) is 31.4 Å². The van der Waals surface area contributed by atoms with E-state index in [-0.39, 0.29) is 28.7 Å². The predicted molar refractivity (Wildman–Crippen MR) is 124 cm³/mol. The standard InChI is InChI=1S/C17H28N8S.HI/c1-4-18-16(21-11-17(2)6-5-9-26-17)20-8-7-19-14-13-10-24-25(3)15(13)23-12-22-14;/h10,12H,4-9,11H2,1-3H3,(H2,18,20,21)(H,19,22,23);1H. The van der Waals surface area contributed by atoms with Gasteiger partial charge in [0.2, 0.25) is 0 Å². The number of nitrogens with zero attached hydrogens (tertiary/aromatic N) is 5. The number of guanidine groups is 1. The molecule has 150 valence electrons. The second-order valence-electron chi connectivity index (χ2n) is 6.68. The van der Waals surface area contributed by atoms with E-state index < -0.39 is 0 Å². The number of hydrogen-bond acceptors (Lipinski definition) is 6. The Hall–Kier alpha value is -1.30. The number of hydrogen-bond donors (Lipinski definition) is 3. The molecule has 1 saturated heterocycles. The van der Waals surface area contributed by atoms with Crippen molar-refractivity contribution in [1.82, 2.24) is 30.4 Å². The van der Waals surface area contributed by atoms with Crippen molar-refractivity contribution < 1.29 is 0 Å². The van der Waals surface area contributed by atoms with Crippen LogP contribution in [0.2, 0.25) is 0 Å².